The van der Waals surface area contributed by atoms with Crippen molar-refractivity contribution < 1.29 is 28.5 Å². The highest BCUT2D eigenvalue weighted by Crippen LogP contribution is 2.38. The third kappa shape index (κ3) is 5.86. The largest absolute Gasteiger partial charge is 0.493 e. The zero-order valence-corrected chi connectivity index (χ0v) is 20.8. The van der Waals surface area contributed by atoms with Crippen LogP contribution >= 0.6 is 27.5 Å². The Bertz CT molecular complexity index is 1220. The van der Waals surface area contributed by atoms with Crippen molar-refractivity contribution in [1.82, 2.24) is 5.43 Å². The van der Waals surface area contributed by atoms with E-state index >= 15 is 0 Å². The molecule has 0 atom stereocenters. The molecule has 34 heavy (non-hydrogen) atoms. The maximum atomic E-state index is 12.6. The molecule has 0 aromatic heterocycles. The lowest BCUT2D eigenvalue weighted by molar-refractivity contribution is 0.0734. The van der Waals surface area contributed by atoms with E-state index in [1.807, 2.05) is 0 Å². The van der Waals surface area contributed by atoms with Gasteiger partial charge >= 0.3 is 5.97 Å². The number of amides is 1. The van der Waals surface area contributed by atoms with Crippen molar-refractivity contribution in [3.8, 4) is 23.0 Å². The molecule has 176 valence electrons. The van der Waals surface area contributed by atoms with Crippen LogP contribution in [-0.4, -0.2) is 39.4 Å². The van der Waals surface area contributed by atoms with E-state index in [0.717, 1.165) is 4.47 Å². The summed E-state index contributed by atoms with van der Waals surface area (Å²) in [5, 5.41) is 4.27. The predicted molar refractivity (Wildman–Crippen MR) is 132 cm³/mol. The van der Waals surface area contributed by atoms with E-state index in [0.29, 0.717) is 22.8 Å². The van der Waals surface area contributed by atoms with Gasteiger partial charge in [0.05, 0.1) is 38.1 Å². The number of benzene rings is 3. The van der Waals surface area contributed by atoms with Gasteiger partial charge in [-0.05, 0) is 42.5 Å². The number of methoxy groups -OCH3 is 3. The molecule has 0 aliphatic carbocycles. The molecule has 0 saturated heterocycles. The van der Waals surface area contributed by atoms with Gasteiger partial charge in [-0.1, -0.05) is 39.7 Å². The molecule has 0 aliphatic rings. The van der Waals surface area contributed by atoms with E-state index in [1.165, 1.54) is 39.7 Å². The van der Waals surface area contributed by atoms with Crippen molar-refractivity contribution in [3.05, 3.63) is 80.8 Å². The van der Waals surface area contributed by atoms with E-state index in [2.05, 4.69) is 26.5 Å². The molecule has 0 heterocycles. The summed E-state index contributed by atoms with van der Waals surface area (Å²) >= 11 is 9.45. The maximum absolute atomic E-state index is 12.6. The van der Waals surface area contributed by atoms with E-state index in [9.17, 15) is 9.59 Å². The number of carbonyl (C=O) groups is 2. The van der Waals surface area contributed by atoms with Gasteiger partial charge in [-0.25, -0.2) is 10.2 Å². The molecule has 8 nitrogen and oxygen atoms in total. The highest BCUT2D eigenvalue weighted by atomic mass is 79.9. The Labute approximate surface area is 209 Å². The van der Waals surface area contributed by atoms with Crippen molar-refractivity contribution in [1.29, 1.82) is 0 Å². The number of hydrogen-bond acceptors (Lipinski definition) is 7. The number of hydrogen-bond donors (Lipinski definition) is 1. The van der Waals surface area contributed by atoms with Crippen molar-refractivity contribution in [2.75, 3.05) is 21.3 Å². The van der Waals surface area contributed by atoms with Crippen LogP contribution < -0.4 is 24.4 Å². The molecule has 0 unspecified atom stereocenters. The number of esters is 1. The van der Waals surface area contributed by atoms with Crippen molar-refractivity contribution in [2.45, 2.75) is 0 Å². The molecule has 0 saturated carbocycles. The summed E-state index contributed by atoms with van der Waals surface area (Å²) in [6.07, 6.45) is 1.36. The number of nitrogens with one attached hydrogen (secondary N) is 1. The third-order valence-corrected chi connectivity index (χ3v) is 5.39. The number of nitrogens with zero attached hydrogens (tertiary/aromatic N) is 1. The standard InChI is InChI=1S/C24H20BrClN2O6/c1-31-20-11-14(12-21(32-2)22(20)33-3)23(29)28-27-13-15-10-16(25)8-9-19(15)34-24(30)17-6-4-5-7-18(17)26/h4-13H,1-3H3,(H,28,29). The van der Waals surface area contributed by atoms with Gasteiger partial charge in [-0.2, -0.15) is 5.10 Å². The van der Waals surface area contributed by atoms with Gasteiger partial charge in [0.1, 0.15) is 5.75 Å². The molecule has 10 heteroatoms. The van der Waals surface area contributed by atoms with E-state index in [4.69, 9.17) is 30.5 Å². The van der Waals surface area contributed by atoms with Crippen molar-refractivity contribution in [2.24, 2.45) is 5.10 Å². The van der Waals surface area contributed by atoms with Crippen LogP contribution in [0.3, 0.4) is 0 Å². The van der Waals surface area contributed by atoms with Crippen LogP contribution in [0, 0.1) is 0 Å². The number of hydrazone groups is 1. The van der Waals surface area contributed by atoms with Crippen LogP contribution in [-0.2, 0) is 0 Å². The van der Waals surface area contributed by atoms with Gasteiger partial charge in [-0.3, -0.25) is 4.79 Å². The summed E-state index contributed by atoms with van der Waals surface area (Å²) in [7, 11) is 4.38. The van der Waals surface area contributed by atoms with Crippen LogP contribution in [0.15, 0.2) is 64.2 Å². The lowest BCUT2D eigenvalue weighted by Crippen LogP contribution is -2.18. The van der Waals surface area contributed by atoms with Gasteiger partial charge in [0, 0.05) is 15.6 Å². The second-order valence-corrected chi connectivity index (χ2v) is 7.99. The summed E-state index contributed by atoms with van der Waals surface area (Å²) in [6.45, 7) is 0. The summed E-state index contributed by atoms with van der Waals surface area (Å²) in [4.78, 5) is 25.2. The molecule has 0 fully saturated rings. The van der Waals surface area contributed by atoms with Crippen LogP contribution in [0.1, 0.15) is 26.3 Å². The lowest BCUT2D eigenvalue weighted by atomic mass is 10.1. The fourth-order valence-electron chi connectivity index (χ4n) is 2.93. The second kappa shape index (κ2) is 11.5. The topological polar surface area (TPSA) is 95.5 Å². The Morgan fingerprint density at radius 1 is 0.941 bits per heavy atom. The molecular weight excluding hydrogens is 528 g/mol. The van der Waals surface area contributed by atoms with E-state index in [-0.39, 0.29) is 21.9 Å². The second-order valence-electron chi connectivity index (χ2n) is 6.66. The highest BCUT2D eigenvalue weighted by Gasteiger charge is 2.17. The van der Waals surface area contributed by atoms with Crippen LogP contribution in [0.2, 0.25) is 5.02 Å². The normalized spacial score (nSPS) is 10.6. The molecule has 3 aromatic carbocycles. The molecule has 0 bridgehead atoms. The Balaban J connectivity index is 1.80. The van der Waals surface area contributed by atoms with Crippen molar-refractivity contribution >= 4 is 45.6 Å². The molecule has 0 spiro atoms. The first-order valence-electron chi connectivity index (χ1n) is 9.77. The summed E-state index contributed by atoms with van der Waals surface area (Å²) < 4.78 is 22.0. The van der Waals surface area contributed by atoms with Gasteiger partial charge < -0.3 is 18.9 Å². The van der Waals surface area contributed by atoms with Crippen LogP contribution in [0.4, 0.5) is 0 Å². The number of ether oxygens (including phenoxy) is 4. The molecule has 0 radical (unpaired) electrons. The number of rotatable bonds is 8. The summed E-state index contributed by atoms with van der Waals surface area (Å²) in [5.41, 5.74) is 3.34. The predicted octanol–water partition coefficient (Wildman–Crippen LogP) is 5.11. The average molecular weight is 548 g/mol. The quantitative estimate of drug-likeness (QED) is 0.182. The minimum Gasteiger partial charge on any atom is -0.493 e. The molecule has 3 rings (SSSR count). The van der Waals surface area contributed by atoms with Crippen molar-refractivity contribution in [3.63, 3.8) is 0 Å². The average Bonchev–Trinajstić information content (AvgIpc) is 2.84. The Morgan fingerprint density at radius 2 is 1.62 bits per heavy atom. The van der Waals surface area contributed by atoms with Gasteiger partial charge in [0.25, 0.3) is 5.91 Å². The van der Waals surface area contributed by atoms with Gasteiger partial charge in [0.2, 0.25) is 5.75 Å². The SMILES string of the molecule is COc1cc(C(=O)NN=Cc2cc(Br)ccc2OC(=O)c2ccccc2Cl)cc(OC)c1OC. The molecule has 3 aromatic rings. The molecule has 0 aliphatic heterocycles. The monoisotopic (exact) mass is 546 g/mol. The fraction of sp³-hybridized carbons (Fsp3) is 0.125. The molecule has 1 amide bonds. The Kier molecular flexibility index (Phi) is 8.50. The van der Waals surface area contributed by atoms with Gasteiger partial charge in [0.15, 0.2) is 11.5 Å². The summed E-state index contributed by atoms with van der Waals surface area (Å²) in [5.74, 6) is 0.126. The first kappa shape index (κ1) is 25.1. The zero-order valence-electron chi connectivity index (χ0n) is 18.4. The third-order valence-electron chi connectivity index (χ3n) is 4.56. The number of carbonyl (C=O) groups excluding carboxylic acids is 2. The number of halogens is 2. The first-order valence-corrected chi connectivity index (χ1v) is 10.9. The van der Waals surface area contributed by atoms with E-state index in [1.54, 1.807) is 42.5 Å². The van der Waals surface area contributed by atoms with E-state index < -0.39 is 11.9 Å². The smallest absolute Gasteiger partial charge is 0.345 e. The van der Waals surface area contributed by atoms with Crippen LogP contribution in [0.25, 0.3) is 0 Å². The van der Waals surface area contributed by atoms with Crippen LogP contribution in [0.5, 0.6) is 23.0 Å². The summed E-state index contributed by atoms with van der Waals surface area (Å²) in [6, 6.07) is 14.6. The minimum atomic E-state index is -0.621. The lowest BCUT2D eigenvalue weighted by Gasteiger charge is -2.13. The molecular formula is C24H20BrClN2O6. The highest BCUT2D eigenvalue weighted by molar-refractivity contribution is 9.10. The van der Waals surface area contributed by atoms with Gasteiger partial charge in [-0.15, -0.1) is 0 Å². The molecule has 1 N–H and O–H groups in total. The Morgan fingerprint density at radius 3 is 2.24 bits per heavy atom. The Hall–Kier alpha value is -3.56. The zero-order chi connectivity index (χ0) is 24.7. The first-order chi connectivity index (χ1) is 16.4. The maximum Gasteiger partial charge on any atom is 0.345 e. The minimum absolute atomic E-state index is 0.227. The fourth-order valence-corrected chi connectivity index (χ4v) is 3.52.